The van der Waals surface area contributed by atoms with Gasteiger partial charge in [0.1, 0.15) is 6.04 Å². The monoisotopic (exact) mass is 243 g/mol. The molecule has 0 aromatic rings. The van der Waals surface area contributed by atoms with E-state index in [4.69, 9.17) is 5.11 Å². The highest BCUT2D eigenvalue weighted by Gasteiger charge is 2.26. The molecule has 0 aromatic carbocycles. The molecule has 5 heteroatoms. The van der Waals surface area contributed by atoms with Crippen LogP contribution in [0.5, 0.6) is 0 Å². The zero-order valence-corrected chi connectivity index (χ0v) is 11.1. The Hall–Kier alpha value is -0.650. The van der Waals surface area contributed by atoms with Crippen molar-refractivity contribution < 1.29 is 9.90 Å². The van der Waals surface area contributed by atoms with E-state index in [2.05, 4.69) is 29.0 Å². The Morgan fingerprint density at radius 2 is 2.18 bits per heavy atom. The van der Waals surface area contributed by atoms with Crippen LogP contribution in [0.15, 0.2) is 0 Å². The number of nitrogens with zero attached hydrogens (tertiary/aromatic N) is 2. The molecular weight excluding hydrogens is 218 g/mol. The molecule has 2 N–H and O–H groups in total. The fourth-order valence-corrected chi connectivity index (χ4v) is 2.44. The Bertz CT molecular complexity index is 248. The molecule has 1 aliphatic rings. The molecule has 0 saturated carbocycles. The number of likely N-dealkylation sites (N-methyl/N-ethyl adjacent to an activating group) is 2. The number of piperazine rings is 1. The second-order valence-corrected chi connectivity index (χ2v) is 4.69. The van der Waals surface area contributed by atoms with Gasteiger partial charge in [-0.15, -0.1) is 0 Å². The quantitative estimate of drug-likeness (QED) is 0.692. The molecule has 0 aliphatic carbocycles. The lowest BCUT2D eigenvalue weighted by atomic mass is 10.1. The molecule has 0 bridgehead atoms. The molecule has 1 aliphatic heterocycles. The van der Waals surface area contributed by atoms with Gasteiger partial charge in [-0.05, 0) is 20.0 Å². The average molecular weight is 243 g/mol. The van der Waals surface area contributed by atoms with Crippen molar-refractivity contribution in [2.24, 2.45) is 0 Å². The largest absolute Gasteiger partial charge is 0.480 e. The van der Waals surface area contributed by atoms with Gasteiger partial charge in [0, 0.05) is 32.2 Å². The van der Waals surface area contributed by atoms with Crippen LogP contribution >= 0.6 is 0 Å². The van der Waals surface area contributed by atoms with Gasteiger partial charge in [-0.2, -0.15) is 0 Å². The molecule has 0 amide bonds. The van der Waals surface area contributed by atoms with Crippen LogP contribution in [-0.2, 0) is 4.79 Å². The van der Waals surface area contributed by atoms with Gasteiger partial charge in [-0.1, -0.05) is 13.8 Å². The smallest absolute Gasteiger partial charge is 0.322 e. The van der Waals surface area contributed by atoms with Crippen LogP contribution in [0.2, 0.25) is 0 Å². The minimum atomic E-state index is -0.752. The zero-order valence-electron chi connectivity index (χ0n) is 11.1. The number of aliphatic carboxylic acids is 1. The van der Waals surface area contributed by atoms with Crippen molar-refractivity contribution in [1.29, 1.82) is 0 Å². The second kappa shape index (κ2) is 6.93. The first-order chi connectivity index (χ1) is 8.08. The van der Waals surface area contributed by atoms with Crippen LogP contribution in [0.4, 0.5) is 0 Å². The summed E-state index contributed by atoms with van der Waals surface area (Å²) in [6, 6.07) is 0.0743. The Morgan fingerprint density at radius 1 is 1.47 bits per heavy atom. The summed E-state index contributed by atoms with van der Waals surface area (Å²) in [5, 5.41) is 12.1. The van der Waals surface area contributed by atoms with Crippen molar-refractivity contribution in [3.05, 3.63) is 0 Å². The minimum Gasteiger partial charge on any atom is -0.480 e. The molecule has 1 heterocycles. The molecular formula is C12H25N3O2. The van der Waals surface area contributed by atoms with Crippen molar-refractivity contribution in [3.8, 4) is 0 Å². The molecule has 0 spiro atoms. The van der Waals surface area contributed by atoms with Gasteiger partial charge >= 0.3 is 5.97 Å². The summed E-state index contributed by atoms with van der Waals surface area (Å²) in [5.74, 6) is -0.752. The van der Waals surface area contributed by atoms with Gasteiger partial charge in [0.2, 0.25) is 0 Å². The van der Waals surface area contributed by atoms with Gasteiger partial charge in [0.25, 0.3) is 0 Å². The first kappa shape index (κ1) is 14.4. The van der Waals surface area contributed by atoms with E-state index in [-0.39, 0.29) is 0 Å². The Morgan fingerprint density at radius 3 is 2.65 bits per heavy atom. The third-order valence-electron chi connectivity index (χ3n) is 3.44. The second-order valence-electron chi connectivity index (χ2n) is 4.69. The molecule has 17 heavy (non-hydrogen) atoms. The Labute approximate surface area is 104 Å². The van der Waals surface area contributed by atoms with Crippen LogP contribution in [0.25, 0.3) is 0 Å². The number of carbonyl (C=O) groups is 1. The van der Waals surface area contributed by atoms with Crippen molar-refractivity contribution in [2.75, 3.05) is 39.3 Å². The van der Waals surface area contributed by atoms with E-state index in [1.54, 1.807) is 0 Å². The summed E-state index contributed by atoms with van der Waals surface area (Å²) < 4.78 is 0. The fourth-order valence-electron chi connectivity index (χ4n) is 2.44. The number of carboxylic acid groups (broad SMARTS) is 1. The molecule has 0 radical (unpaired) electrons. The summed E-state index contributed by atoms with van der Waals surface area (Å²) in [5.41, 5.74) is 0. The van der Waals surface area contributed by atoms with Gasteiger partial charge < -0.3 is 10.4 Å². The maximum absolute atomic E-state index is 11.1. The Balaban J connectivity index is 2.44. The highest BCUT2D eigenvalue weighted by molar-refractivity contribution is 5.73. The van der Waals surface area contributed by atoms with Crippen molar-refractivity contribution in [3.63, 3.8) is 0 Å². The fraction of sp³-hybridized carbons (Fsp3) is 0.917. The molecule has 5 nitrogen and oxygen atoms in total. The van der Waals surface area contributed by atoms with Gasteiger partial charge in [-0.25, -0.2) is 0 Å². The molecule has 1 saturated heterocycles. The molecule has 2 atom stereocenters. The van der Waals surface area contributed by atoms with Gasteiger partial charge in [0.15, 0.2) is 0 Å². The number of hydrogen-bond acceptors (Lipinski definition) is 4. The summed E-state index contributed by atoms with van der Waals surface area (Å²) in [6.07, 6.45) is 0. The van der Waals surface area contributed by atoms with Crippen LogP contribution in [-0.4, -0.2) is 72.2 Å². The van der Waals surface area contributed by atoms with Crippen LogP contribution in [0.3, 0.4) is 0 Å². The van der Waals surface area contributed by atoms with Gasteiger partial charge in [-0.3, -0.25) is 14.6 Å². The molecule has 1 fully saturated rings. The topological polar surface area (TPSA) is 55.8 Å². The van der Waals surface area contributed by atoms with E-state index in [1.807, 2.05) is 6.92 Å². The van der Waals surface area contributed by atoms with E-state index < -0.39 is 12.0 Å². The average Bonchev–Trinajstić information content (AvgIpc) is 2.28. The summed E-state index contributed by atoms with van der Waals surface area (Å²) in [7, 11) is 0. The third kappa shape index (κ3) is 4.26. The highest BCUT2D eigenvalue weighted by Crippen LogP contribution is 2.09. The van der Waals surface area contributed by atoms with Crippen LogP contribution < -0.4 is 5.32 Å². The SMILES string of the molecule is CCNC(CN1CCN(CC)C(C)C1)C(=O)O. The number of hydrogen-bond donors (Lipinski definition) is 2. The maximum Gasteiger partial charge on any atom is 0.322 e. The first-order valence-corrected chi connectivity index (χ1v) is 6.51. The van der Waals surface area contributed by atoms with E-state index in [9.17, 15) is 4.79 Å². The normalized spacial score (nSPS) is 24.8. The molecule has 1 rings (SSSR count). The van der Waals surface area contributed by atoms with Crippen molar-refractivity contribution in [2.45, 2.75) is 32.9 Å². The van der Waals surface area contributed by atoms with E-state index in [1.165, 1.54) is 0 Å². The molecule has 100 valence electrons. The highest BCUT2D eigenvalue weighted by atomic mass is 16.4. The minimum absolute atomic E-state index is 0.444. The lowest BCUT2D eigenvalue weighted by molar-refractivity contribution is -0.140. The third-order valence-corrected chi connectivity index (χ3v) is 3.44. The van der Waals surface area contributed by atoms with E-state index in [0.717, 1.165) is 26.2 Å². The van der Waals surface area contributed by atoms with Crippen LogP contribution in [0, 0.1) is 0 Å². The van der Waals surface area contributed by atoms with Crippen molar-refractivity contribution in [1.82, 2.24) is 15.1 Å². The summed E-state index contributed by atoms with van der Waals surface area (Å²) >= 11 is 0. The lowest BCUT2D eigenvalue weighted by Gasteiger charge is -2.40. The molecule has 0 aromatic heterocycles. The summed E-state index contributed by atoms with van der Waals surface area (Å²) in [4.78, 5) is 15.7. The van der Waals surface area contributed by atoms with E-state index in [0.29, 0.717) is 19.1 Å². The zero-order chi connectivity index (χ0) is 12.8. The number of rotatable bonds is 6. The summed E-state index contributed by atoms with van der Waals surface area (Å²) in [6.45, 7) is 11.7. The van der Waals surface area contributed by atoms with Crippen molar-refractivity contribution >= 4 is 5.97 Å². The lowest BCUT2D eigenvalue weighted by Crippen LogP contribution is -2.55. The predicted molar refractivity (Wildman–Crippen MR) is 68.2 cm³/mol. The van der Waals surface area contributed by atoms with Gasteiger partial charge in [0.05, 0.1) is 0 Å². The van der Waals surface area contributed by atoms with Crippen LogP contribution in [0.1, 0.15) is 20.8 Å². The van der Waals surface area contributed by atoms with E-state index >= 15 is 0 Å². The number of nitrogens with one attached hydrogen (secondary N) is 1. The predicted octanol–water partition coefficient (Wildman–Crippen LogP) is 0.0751. The maximum atomic E-state index is 11.1. The standard InChI is InChI=1S/C12H25N3O2/c1-4-13-11(12(16)17)9-14-6-7-15(5-2)10(3)8-14/h10-11,13H,4-9H2,1-3H3,(H,16,17). The first-order valence-electron chi connectivity index (χ1n) is 6.51. The Kier molecular flexibility index (Phi) is 5.88. The number of carboxylic acids is 1. The molecule has 2 unspecified atom stereocenters.